The van der Waals surface area contributed by atoms with Crippen molar-refractivity contribution in [3.8, 4) is 17.0 Å². The number of carbonyl (C=O) groups excluding carboxylic acids is 1. The Morgan fingerprint density at radius 2 is 2.07 bits per heavy atom. The summed E-state index contributed by atoms with van der Waals surface area (Å²) in [6.45, 7) is -0.997. The van der Waals surface area contributed by atoms with Crippen molar-refractivity contribution in [1.82, 2.24) is 10.1 Å². The van der Waals surface area contributed by atoms with E-state index in [1.807, 2.05) is 6.92 Å². The topological polar surface area (TPSA) is 77.3 Å². The predicted octanol–water partition coefficient (Wildman–Crippen LogP) is 4.84. The van der Waals surface area contributed by atoms with Gasteiger partial charge in [0.15, 0.2) is 10.8 Å². The van der Waals surface area contributed by atoms with Crippen molar-refractivity contribution in [2.45, 2.75) is 32.3 Å². The summed E-state index contributed by atoms with van der Waals surface area (Å²) < 4.78 is 34.0. The number of nitrogens with one attached hydrogen (secondary N) is 1. The molecule has 1 amide bonds. The van der Waals surface area contributed by atoms with E-state index in [9.17, 15) is 13.6 Å². The number of carbonyl (C=O) groups is 1. The third kappa shape index (κ3) is 3.97. The molecule has 3 aromatic rings. The molecule has 1 aromatic carbocycles. The molecule has 0 unspecified atom stereocenters. The molecule has 0 atom stereocenters. The molecule has 0 spiro atoms. The number of halogens is 2. The first-order valence-electron chi connectivity index (χ1n) is 8.30. The molecule has 1 N–H and O–H groups in total. The molecule has 0 radical (unpaired) electrons. The van der Waals surface area contributed by atoms with Crippen molar-refractivity contribution in [1.29, 1.82) is 0 Å². The first-order valence-corrected chi connectivity index (χ1v) is 9.12. The van der Waals surface area contributed by atoms with Gasteiger partial charge in [0.05, 0.1) is 5.69 Å². The van der Waals surface area contributed by atoms with Crippen LogP contribution in [0, 0.1) is 6.92 Å². The van der Waals surface area contributed by atoms with E-state index in [0.717, 1.165) is 29.0 Å². The number of hydrogen-bond donors (Lipinski definition) is 1. The van der Waals surface area contributed by atoms with Crippen LogP contribution in [-0.4, -0.2) is 22.7 Å². The lowest BCUT2D eigenvalue weighted by molar-refractivity contribution is -0.0498. The van der Waals surface area contributed by atoms with Gasteiger partial charge in [0.1, 0.15) is 11.5 Å². The van der Waals surface area contributed by atoms with Gasteiger partial charge in [-0.1, -0.05) is 5.16 Å². The van der Waals surface area contributed by atoms with Crippen LogP contribution in [0.25, 0.3) is 11.3 Å². The van der Waals surface area contributed by atoms with Gasteiger partial charge in [-0.15, -0.1) is 11.3 Å². The summed E-state index contributed by atoms with van der Waals surface area (Å²) in [5, 5.41) is 6.96. The molecule has 1 fully saturated rings. The highest BCUT2D eigenvalue weighted by molar-refractivity contribution is 7.16. The molecule has 1 saturated carbocycles. The fraction of sp³-hybridized carbons (Fsp3) is 0.278. The van der Waals surface area contributed by atoms with Gasteiger partial charge in [-0.05, 0) is 44.0 Å². The van der Waals surface area contributed by atoms with E-state index in [1.165, 1.54) is 23.5 Å². The Labute approximate surface area is 157 Å². The van der Waals surface area contributed by atoms with E-state index in [4.69, 9.17) is 4.52 Å². The zero-order valence-electron chi connectivity index (χ0n) is 14.2. The maximum absolute atomic E-state index is 12.3. The van der Waals surface area contributed by atoms with Crippen molar-refractivity contribution < 1.29 is 22.8 Å². The SMILES string of the molecule is Cc1sc(NC(=O)c2cc(C3CC3)on2)nc1-c1ccc(OC(F)F)cc1. The molecule has 0 bridgehead atoms. The zero-order valence-corrected chi connectivity index (χ0v) is 15.1. The van der Waals surface area contributed by atoms with Crippen LogP contribution < -0.4 is 10.1 Å². The van der Waals surface area contributed by atoms with Crippen LogP contribution in [-0.2, 0) is 0 Å². The summed E-state index contributed by atoms with van der Waals surface area (Å²) in [4.78, 5) is 17.6. The van der Waals surface area contributed by atoms with Crippen LogP contribution in [0.1, 0.15) is 39.9 Å². The van der Waals surface area contributed by atoms with Crippen LogP contribution in [0.3, 0.4) is 0 Å². The normalized spacial score (nSPS) is 13.8. The quantitative estimate of drug-likeness (QED) is 0.651. The number of anilines is 1. The molecule has 4 rings (SSSR count). The van der Waals surface area contributed by atoms with Crippen LogP contribution in [0.15, 0.2) is 34.9 Å². The van der Waals surface area contributed by atoms with Crippen LogP contribution >= 0.6 is 11.3 Å². The fourth-order valence-electron chi connectivity index (χ4n) is 2.63. The monoisotopic (exact) mass is 391 g/mol. The smallest absolute Gasteiger partial charge is 0.387 e. The first kappa shape index (κ1) is 17.6. The highest BCUT2D eigenvalue weighted by Crippen LogP contribution is 2.40. The Bertz CT molecular complexity index is 965. The average molecular weight is 391 g/mol. The molecule has 27 heavy (non-hydrogen) atoms. The number of thiazole rings is 1. The molecule has 0 saturated heterocycles. The summed E-state index contributed by atoms with van der Waals surface area (Å²) in [6, 6.07) is 7.85. The fourth-order valence-corrected chi connectivity index (χ4v) is 3.46. The van der Waals surface area contributed by atoms with E-state index in [0.29, 0.717) is 16.7 Å². The number of nitrogens with zero attached hydrogens (tertiary/aromatic N) is 2. The molecule has 9 heteroatoms. The molecular formula is C18H15F2N3O3S. The highest BCUT2D eigenvalue weighted by Gasteiger charge is 2.29. The molecule has 140 valence electrons. The molecule has 1 aliphatic carbocycles. The second kappa shape index (κ2) is 7.07. The Kier molecular flexibility index (Phi) is 4.61. The van der Waals surface area contributed by atoms with Gasteiger partial charge in [0, 0.05) is 22.4 Å². The van der Waals surface area contributed by atoms with Gasteiger partial charge in [-0.25, -0.2) is 4.98 Å². The summed E-state index contributed by atoms with van der Waals surface area (Å²) in [7, 11) is 0. The number of aryl methyl sites for hydroxylation is 1. The minimum Gasteiger partial charge on any atom is -0.435 e. The van der Waals surface area contributed by atoms with Gasteiger partial charge in [0.25, 0.3) is 5.91 Å². The standard InChI is InChI=1S/C18H15F2N3O3S/c1-9-15(11-4-6-12(7-5-11)25-17(19)20)21-18(27-9)22-16(24)13-8-14(26-23-13)10-2-3-10/h4-8,10,17H,2-3H2,1H3,(H,21,22,24). The van der Waals surface area contributed by atoms with Crippen molar-refractivity contribution >= 4 is 22.4 Å². The minimum absolute atomic E-state index is 0.0765. The summed E-state index contributed by atoms with van der Waals surface area (Å²) >= 11 is 1.32. The van der Waals surface area contributed by atoms with Crippen LogP contribution in [0.2, 0.25) is 0 Å². The number of benzene rings is 1. The number of rotatable bonds is 6. The first-order chi connectivity index (χ1) is 13.0. The molecule has 1 aliphatic rings. The Morgan fingerprint density at radius 1 is 1.33 bits per heavy atom. The number of aromatic nitrogens is 2. The van der Waals surface area contributed by atoms with Gasteiger partial charge in [-0.2, -0.15) is 8.78 Å². The maximum Gasteiger partial charge on any atom is 0.387 e. The third-order valence-corrected chi connectivity index (χ3v) is 5.00. The lowest BCUT2D eigenvalue weighted by Crippen LogP contribution is -2.11. The van der Waals surface area contributed by atoms with E-state index in [-0.39, 0.29) is 17.4 Å². The summed E-state index contributed by atoms with van der Waals surface area (Å²) in [6.07, 6.45) is 2.12. The Balaban J connectivity index is 1.48. The van der Waals surface area contributed by atoms with Gasteiger partial charge in [-0.3, -0.25) is 10.1 Å². The molecule has 6 nitrogen and oxygen atoms in total. The van der Waals surface area contributed by atoms with Gasteiger partial charge >= 0.3 is 6.61 Å². The van der Waals surface area contributed by atoms with Crippen molar-refractivity contribution in [2.75, 3.05) is 5.32 Å². The summed E-state index contributed by atoms with van der Waals surface area (Å²) in [5.41, 5.74) is 1.63. The second-order valence-corrected chi connectivity index (χ2v) is 7.37. The van der Waals surface area contributed by atoms with E-state index >= 15 is 0 Å². The zero-order chi connectivity index (χ0) is 19.0. The minimum atomic E-state index is -2.87. The van der Waals surface area contributed by atoms with Crippen LogP contribution in [0.5, 0.6) is 5.75 Å². The van der Waals surface area contributed by atoms with Crippen LogP contribution in [0.4, 0.5) is 13.9 Å². The molecule has 0 aliphatic heterocycles. The average Bonchev–Trinajstić information content (AvgIpc) is 3.24. The van der Waals surface area contributed by atoms with Crippen molar-refractivity contribution in [2.24, 2.45) is 0 Å². The predicted molar refractivity (Wildman–Crippen MR) is 95.4 cm³/mol. The molecular weight excluding hydrogens is 376 g/mol. The molecule has 2 aromatic heterocycles. The van der Waals surface area contributed by atoms with Crippen molar-refractivity contribution in [3.63, 3.8) is 0 Å². The second-order valence-electron chi connectivity index (χ2n) is 6.17. The highest BCUT2D eigenvalue weighted by atomic mass is 32.1. The third-order valence-electron chi connectivity index (χ3n) is 4.11. The lowest BCUT2D eigenvalue weighted by Gasteiger charge is -2.05. The number of hydrogen-bond acceptors (Lipinski definition) is 6. The Hall–Kier alpha value is -2.81. The van der Waals surface area contributed by atoms with E-state index < -0.39 is 6.61 Å². The maximum atomic E-state index is 12.3. The van der Waals surface area contributed by atoms with Crippen molar-refractivity contribution in [3.05, 3.63) is 46.7 Å². The number of amides is 1. The van der Waals surface area contributed by atoms with Gasteiger partial charge < -0.3 is 9.26 Å². The number of alkyl halides is 2. The lowest BCUT2D eigenvalue weighted by atomic mass is 10.1. The van der Waals surface area contributed by atoms with E-state index in [2.05, 4.69) is 20.2 Å². The molecule has 2 heterocycles. The van der Waals surface area contributed by atoms with Gasteiger partial charge in [0.2, 0.25) is 0 Å². The number of ether oxygens (including phenoxy) is 1. The largest absolute Gasteiger partial charge is 0.435 e. The summed E-state index contributed by atoms with van der Waals surface area (Å²) in [5.74, 6) is 0.811. The Morgan fingerprint density at radius 3 is 2.74 bits per heavy atom. The van der Waals surface area contributed by atoms with E-state index in [1.54, 1.807) is 18.2 Å².